The number of hydrogen-bond acceptors (Lipinski definition) is 7. The number of hydrogen-bond donors (Lipinski definition) is 4. The van der Waals surface area contributed by atoms with Gasteiger partial charge in [0.05, 0.1) is 6.54 Å². The molecule has 2 amide bonds. The average molecular weight is 427 g/mol. The summed E-state index contributed by atoms with van der Waals surface area (Å²) in [4.78, 5) is 29.6. The second kappa shape index (κ2) is 13.1. The van der Waals surface area contributed by atoms with E-state index in [4.69, 9.17) is 4.74 Å². The summed E-state index contributed by atoms with van der Waals surface area (Å²) in [5, 5.41) is 13.2. The van der Waals surface area contributed by atoms with Crippen molar-refractivity contribution in [2.75, 3.05) is 65.4 Å². The van der Waals surface area contributed by atoms with Crippen LogP contribution in [0.5, 0.6) is 0 Å². The largest absolute Gasteiger partial charge is 0.444 e. The molecule has 174 valence electrons. The number of amides is 2. The Labute approximate surface area is 181 Å². The van der Waals surface area contributed by atoms with Crippen molar-refractivity contribution in [1.29, 1.82) is 0 Å². The molecule has 9 heteroatoms. The summed E-state index contributed by atoms with van der Waals surface area (Å²) >= 11 is 0. The number of nitrogens with one attached hydrogen (secondary N) is 4. The van der Waals surface area contributed by atoms with Crippen molar-refractivity contribution in [3.05, 3.63) is 0 Å². The van der Waals surface area contributed by atoms with Crippen molar-refractivity contribution in [1.82, 2.24) is 31.1 Å². The molecule has 1 atom stereocenters. The smallest absolute Gasteiger partial charge is 0.409 e. The Hall–Kier alpha value is -1.42. The maximum atomic E-state index is 13.2. The molecule has 2 fully saturated rings. The molecule has 2 aliphatic heterocycles. The first kappa shape index (κ1) is 24.8. The fourth-order valence-corrected chi connectivity index (χ4v) is 3.76. The Kier molecular flexibility index (Phi) is 10.8. The maximum absolute atomic E-state index is 13.2. The second-order valence-corrected chi connectivity index (χ2v) is 9.12. The van der Waals surface area contributed by atoms with E-state index < -0.39 is 11.7 Å². The van der Waals surface area contributed by atoms with Gasteiger partial charge in [0.1, 0.15) is 11.8 Å². The summed E-state index contributed by atoms with van der Waals surface area (Å²) in [6.45, 7) is 13.7. The summed E-state index contributed by atoms with van der Waals surface area (Å²) in [5.74, 6) is 0.0757. The number of nitrogens with zero attached hydrogens (tertiary/aromatic N) is 2. The van der Waals surface area contributed by atoms with Crippen LogP contribution in [0.3, 0.4) is 0 Å². The molecule has 0 saturated carbocycles. The molecule has 30 heavy (non-hydrogen) atoms. The van der Waals surface area contributed by atoms with Crippen LogP contribution < -0.4 is 21.3 Å². The van der Waals surface area contributed by atoms with Gasteiger partial charge in [-0.15, -0.1) is 0 Å². The molecule has 0 aliphatic carbocycles. The highest BCUT2D eigenvalue weighted by atomic mass is 16.6. The Morgan fingerprint density at radius 1 is 0.900 bits per heavy atom. The lowest BCUT2D eigenvalue weighted by Gasteiger charge is -2.33. The van der Waals surface area contributed by atoms with Crippen LogP contribution in [0.2, 0.25) is 0 Å². The van der Waals surface area contributed by atoms with Gasteiger partial charge in [0.2, 0.25) is 5.91 Å². The third kappa shape index (κ3) is 10.1. The van der Waals surface area contributed by atoms with Crippen molar-refractivity contribution in [2.45, 2.75) is 58.2 Å². The highest BCUT2D eigenvalue weighted by Crippen LogP contribution is 2.17. The van der Waals surface area contributed by atoms with E-state index >= 15 is 0 Å². The van der Waals surface area contributed by atoms with Crippen LogP contribution in [0.4, 0.5) is 4.79 Å². The van der Waals surface area contributed by atoms with Gasteiger partial charge in [-0.25, -0.2) is 4.79 Å². The maximum Gasteiger partial charge on any atom is 0.409 e. The predicted octanol–water partition coefficient (Wildman–Crippen LogP) is 0.324. The van der Waals surface area contributed by atoms with Crippen LogP contribution in [-0.2, 0) is 9.53 Å². The van der Waals surface area contributed by atoms with Crippen LogP contribution in [0, 0.1) is 0 Å². The van der Waals surface area contributed by atoms with Crippen molar-refractivity contribution >= 4 is 12.0 Å². The first-order valence-electron chi connectivity index (χ1n) is 11.5. The third-order valence-electron chi connectivity index (χ3n) is 5.28. The fraction of sp³-hybridized carbons (Fsp3) is 0.905. The number of rotatable bonds is 3. The molecule has 2 rings (SSSR count). The first-order chi connectivity index (χ1) is 14.3. The summed E-state index contributed by atoms with van der Waals surface area (Å²) in [7, 11) is 0. The monoisotopic (exact) mass is 426 g/mol. The minimum absolute atomic E-state index is 0.0757. The minimum atomic E-state index is -0.557. The van der Waals surface area contributed by atoms with E-state index in [1.54, 1.807) is 0 Å². The number of alkyl carbamates (subject to hydrolysis) is 1. The molecule has 9 nitrogen and oxygen atoms in total. The minimum Gasteiger partial charge on any atom is -0.444 e. The van der Waals surface area contributed by atoms with Gasteiger partial charge in [-0.3, -0.25) is 9.69 Å². The molecule has 2 saturated heterocycles. The van der Waals surface area contributed by atoms with Gasteiger partial charge in [-0.1, -0.05) is 6.42 Å². The van der Waals surface area contributed by atoms with E-state index in [9.17, 15) is 9.59 Å². The lowest BCUT2D eigenvalue weighted by atomic mass is 10.2. The van der Waals surface area contributed by atoms with Gasteiger partial charge >= 0.3 is 6.09 Å². The van der Waals surface area contributed by atoms with E-state index in [1.807, 2.05) is 25.7 Å². The van der Waals surface area contributed by atoms with Crippen LogP contribution >= 0.6 is 0 Å². The van der Waals surface area contributed by atoms with Crippen LogP contribution in [-0.4, -0.2) is 99.0 Å². The molecule has 2 heterocycles. The molecule has 0 aromatic rings. The van der Waals surface area contributed by atoms with Gasteiger partial charge in [0, 0.05) is 58.9 Å². The average Bonchev–Trinajstić information content (AvgIpc) is 2.87. The highest BCUT2D eigenvalue weighted by Gasteiger charge is 2.29. The molecule has 4 N–H and O–H groups in total. The van der Waals surface area contributed by atoms with Gasteiger partial charge < -0.3 is 30.9 Å². The van der Waals surface area contributed by atoms with E-state index in [1.165, 1.54) is 0 Å². The highest BCUT2D eigenvalue weighted by molar-refractivity contribution is 5.79. The van der Waals surface area contributed by atoms with Gasteiger partial charge in [-0.05, 0) is 40.0 Å². The second-order valence-electron chi connectivity index (χ2n) is 9.12. The zero-order chi connectivity index (χ0) is 21.8. The van der Waals surface area contributed by atoms with Gasteiger partial charge in [0.15, 0.2) is 0 Å². The molecule has 0 spiro atoms. The normalized spacial score (nSPS) is 23.6. The quantitative estimate of drug-likeness (QED) is 0.516. The zero-order valence-electron chi connectivity index (χ0n) is 19.1. The van der Waals surface area contributed by atoms with Crippen LogP contribution in [0.15, 0.2) is 0 Å². The summed E-state index contributed by atoms with van der Waals surface area (Å²) in [5.41, 5.74) is -0.557. The topological polar surface area (TPSA) is 98.0 Å². The molecular formula is C21H42N6O3. The summed E-state index contributed by atoms with van der Waals surface area (Å²) < 4.78 is 5.42. The lowest BCUT2D eigenvalue weighted by molar-refractivity contribution is -0.135. The lowest BCUT2D eigenvalue weighted by Crippen LogP contribution is -2.54. The number of ether oxygens (including phenoxy) is 1. The standard InChI is InChI=1S/C21H42N6O3/c1-21(2,3)30-20(29)25-18-7-5-4-6-14-27(18)19(28)17-26-15-12-23-10-8-22-9-11-24-13-16-26/h18,22-24H,4-17H2,1-3H3,(H,25,29). The van der Waals surface area contributed by atoms with Crippen LogP contribution in [0.1, 0.15) is 46.5 Å². The Balaban J connectivity index is 1.94. The Morgan fingerprint density at radius 2 is 1.50 bits per heavy atom. The molecule has 1 unspecified atom stereocenters. The van der Waals surface area contributed by atoms with Crippen LogP contribution in [0.25, 0.3) is 0 Å². The number of carbonyl (C=O) groups excluding carboxylic acids is 2. The molecule has 2 aliphatic rings. The van der Waals surface area contributed by atoms with Gasteiger partial charge in [0.25, 0.3) is 0 Å². The third-order valence-corrected chi connectivity index (χ3v) is 5.28. The van der Waals surface area contributed by atoms with E-state index in [0.29, 0.717) is 13.1 Å². The summed E-state index contributed by atoms with van der Waals surface area (Å²) in [6, 6.07) is 0. The molecule has 0 radical (unpaired) electrons. The summed E-state index contributed by atoms with van der Waals surface area (Å²) in [6.07, 6.45) is 3.04. The molecule has 0 aromatic carbocycles. The van der Waals surface area contributed by atoms with Crippen molar-refractivity contribution in [3.63, 3.8) is 0 Å². The van der Waals surface area contributed by atoms with Gasteiger partial charge in [-0.2, -0.15) is 0 Å². The number of likely N-dealkylation sites (tertiary alicyclic amines) is 1. The Morgan fingerprint density at radius 3 is 2.10 bits per heavy atom. The van der Waals surface area contributed by atoms with E-state index in [2.05, 4.69) is 26.2 Å². The van der Waals surface area contributed by atoms with Crippen molar-refractivity contribution < 1.29 is 14.3 Å². The van der Waals surface area contributed by atoms with Crippen molar-refractivity contribution in [3.8, 4) is 0 Å². The predicted molar refractivity (Wildman–Crippen MR) is 118 cm³/mol. The molecular weight excluding hydrogens is 384 g/mol. The van der Waals surface area contributed by atoms with E-state index in [-0.39, 0.29) is 12.1 Å². The first-order valence-corrected chi connectivity index (χ1v) is 11.5. The van der Waals surface area contributed by atoms with E-state index in [0.717, 1.165) is 78.0 Å². The zero-order valence-corrected chi connectivity index (χ0v) is 19.1. The molecule has 0 aromatic heterocycles. The molecule has 0 bridgehead atoms. The number of carbonyl (C=O) groups is 2. The fourth-order valence-electron chi connectivity index (χ4n) is 3.76. The SMILES string of the molecule is CC(C)(C)OC(=O)NC1CCCCCN1C(=O)CN1CCNCCNCCNCC1. The Bertz CT molecular complexity index is 513. The van der Waals surface area contributed by atoms with Crippen molar-refractivity contribution in [2.24, 2.45) is 0 Å².